The first kappa shape index (κ1) is 18.2. The van der Waals surface area contributed by atoms with Gasteiger partial charge in [-0.15, -0.1) is 0 Å². The lowest BCUT2D eigenvalue weighted by Crippen LogP contribution is -2.10. The van der Waals surface area contributed by atoms with Crippen LogP contribution in [0.25, 0.3) is 6.08 Å². The van der Waals surface area contributed by atoms with E-state index in [2.05, 4.69) is 15.9 Å². The fourth-order valence-corrected chi connectivity index (χ4v) is 2.36. The monoisotopic (exact) mass is 367 g/mol. The Bertz CT molecular complexity index is 596. The van der Waals surface area contributed by atoms with E-state index in [1.54, 1.807) is 6.07 Å². The van der Waals surface area contributed by atoms with Crippen LogP contribution >= 0.6 is 15.9 Å². The van der Waals surface area contributed by atoms with Gasteiger partial charge < -0.3 is 0 Å². The number of nitrogens with zero attached hydrogens (tertiary/aromatic N) is 1. The van der Waals surface area contributed by atoms with Crippen LogP contribution in [0.3, 0.4) is 0 Å². The molecule has 1 aromatic rings. The molecule has 1 aromatic carbocycles. The molecular formula is C16H18BrNO4. The zero-order valence-electron chi connectivity index (χ0n) is 12.4. The molecule has 0 aliphatic rings. The number of non-ortho nitro benzene ring substituents is 1. The molecule has 1 rings (SSSR count). The first-order valence-corrected chi connectivity index (χ1v) is 8.14. The molecule has 5 nitrogen and oxygen atoms in total. The molecule has 0 saturated heterocycles. The fraction of sp³-hybridized carbons (Fsp3) is 0.375. The topological polar surface area (TPSA) is 77.3 Å². The molecule has 0 aliphatic heterocycles. The number of hydrogen-bond donors (Lipinski definition) is 0. The van der Waals surface area contributed by atoms with Crippen molar-refractivity contribution in [3.63, 3.8) is 0 Å². The van der Waals surface area contributed by atoms with Crippen molar-refractivity contribution in [3.8, 4) is 0 Å². The highest BCUT2D eigenvalue weighted by atomic mass is 79.9. The fourth-order valence-electron chi connectivity index (χ4n) is 1.96. The number of Topliss-reactive ketones (excluding diaryl/α,β-unsaturated/α-hetero) is 2. The molecule has 22 heavy (non-hydrogen) atoms. The van der Waals surface area contributed by atoms with Gasteiger partial charge in [0.1, 0.15) is 0 Å². The summed E-state index contributed by atoms with van der Waals surface area (Å²) in [6.07, 6.45) is 4.37. The van der Waals surface area contributed by atoms with Gasteiger partial charge in [0.2, 0.25) is 0 Å². The van der Waals surface area contributed by atoms with Crippen molar-refractivity contribution >= 4 is 39.3 Å². The Labute approximate surface area is 137 Å². The molecule has 0 fully saturated rings. The number of halogens is 1. The van der Waals surface area contributed by atoms with Crippen LogP contribution in [0.2, 0.25) is 0 Å². The van der Waals surface area contributed by atoms with Crippen molar-refractivity contribution < 1.29 is 14.5 Å². The number of ketones is 2. The summed E-state index contributed by atoms with van der Waals surface area (Å²) in [4.78, 5) is 34.1. The highest BCUT2D eigenvalue weighted by Crippen LogP contribution is 2.17. The van der Waals surface area contributed by atoms with Crippen LogP contribution in [-0.4, -0.2) is 21.8 Å². The van der Waals surface area contributed by atoms with Gasteiger partial charge in [-0.1, -0.05) is 34.5 Å². The average molecular weight is 368 g/mol. The first-order valence-electron chi connectivity index (χ1n) is 7.02. The summed E-state index contributed by atoms with van der Waals surface area (Å²) in [5.74, 6) is -0.537. The van der Waals surface area contributed by atoms with Gasteiger partial charge in [-0.2, -0.15) is 0 Å². The van der Waals surface area contributed by atoms with E-state index in [-0.39, 0.29) is 22.8 Å². The Morgan fingerprint density at radius 1 is 1.27 bits per heavy atom. The Hall–Kier alpha value is -1.82. The highest BCUT2D eigenvalue weighted by Gasteiger charge is 2.15. The molecule has 0 unspecified atom stereocenters. The molecule has 0 aliphatic carbocycles. The van der Waals surface area contributed by atoms with Crippen molar-refractivity contribution in [1.29, 1.82) is 0 Å². The second-order valence-electron chi connectivity index (χ2n) is 4.89. The van der Waals surface area contributed by atoms with Crippen molar-refractivity contribution in [2.45, 2.75) is 32.6 Å². The average Bonchev–Trinajstić information content (AvgIpc) is 2.49. The minimum Gasteiger partial charge on any atom is -0.294 e. The lowest BCUT2D eigenvalue weighted by Gasteiger charge is -2.04. The van der Waals surface area contributed by atoms with Crippen LogP contribution in [0.1, 0.15) is 38.2 Å². The van der Waals surface area contributed by atoms with Crippen LogP contribution < -0.4 is 0 Å². The highest BCUT2D eigenvalue weighted by molar-refractivity contribution is 9.09. The molecule has 0 N–H and O–H groups in total. The van der Waals surface area contributed by atoms with E-state index < -0.39 is 4.92 Å². The second kappa shape index (κ2) is 9.25. The third-order valence-corrected chi connectivity index (χ3v) is 3.67. The molecule has 0 atom stereocenters. The molecule has 0 spiro atoms. The Morgan fingerprint density at radius 3 is 2.59 bits per heavy atom. The molecule has 0 saturated carbocycles. The maximum absolute atomic E-state index is 12.1. The largest absolute Gasteiger partial charge is 0.294 e. The van der Waals surface area contributed by atoms with Crippen LogP contribution in [0, 0.1) is 10.1 Å². The van der Waals surface area contributed by atoms with Gasteiger partial charge in [-0.25, -0.2) is 0 Å². The predicted octanol–water partition coefficient (Wildman–Crippen LogP) is 4.09. The summed E-state index contributed by atoms with van der Waals surface area (Å²) in [5, 5.41) is 11.6. The SMILES string of the molecule is CC(=O)/C(=C/c1cccc([N+](=O)[O-])c1)C(=O)CCCCCBr. The van der Waals surface area contributed by atoms with Crippen LogP contribution in [0.4, 0.5) is 5.69 Å². The van der Waals surface area contributed by atoms with Crippen LogP contribution in [0.15, 0.2) is 29.8 Å². The minimum absolute atomic E-state index is 0.0681. The molecular weight excluding hydrogens is 350 g/mol. The van der Waals surface area contributed by atoms with Crippen molar-refractivity contribution in [2.75, 3.05) is 5.33 Å². The molecule has 6 heteroatoms. The van der Waals surface area contributed by atoms with Crippen molar-refractivity contribution in [2.24, 2.45) is 0 Å². The Kier molecular flexibility index (Phi) is 7.66. The van der Waals surface area contributed by atoms with E-state index in [9.17, 15) is 19.7 Å². The number of nitro benzene ring substituents is 1. The van der Waals surface area contributed by atoms with Gasteiger partial charge in [0.15, 0.2) is 11.6 Å². The van der Waals surface area contributed by atoms with E-state index >= 15 is 0 Å². The maximum atomic E-state index is 12.1. The quantitative estimate of drug-likeness (QED) is 0.125. The Morgan fingerprint density at radius 2 is 2.00 bits per heavy atom. The van der Waals surface area contributed by atoms with Crippen LogP contribution in [0.5, 0.6) is 0 Å². The molecule has 118 valence electrons. The molecule has 0 heterocycles. The van der Waals surface area contributed by atoms with E-state index in [0.29, 0.717) is 12.0 Å². The van der Waals surface area contributed by atoms with E-state index in [0.717, 1.165) is 24.6 Å². The number of unbranched alkanes of at least 4 members (excludes halogenated alkanes) is 2. The summed E-state index contributed by atoms with van der Waals surface area (Å²) >= 11 is 3.33. The van der Waals surface area contributed by atoms with Gasteiger partial charge in [-0.3, -0.25) is 19.7 Å². The zero-order chi connectivity index (χ0) is 16.5. The number of rotatable bonds is 9. The molecule has 0 aromatic heterocycles. The molecule has 0 amide bonds. The number of hydrogen-bond acceptors (Lipinski definition) is 4. The summed E-state index contributed by atoms with van der Waals surface area (Å²) in [6.45, 7) is 1.33. The Balaban J connectivity index is 2.90. The van der Waals surface area contributed by atoms with Gasteiger partial charge in [-0.05, 0) is 31.4 Å². The third-order valence-electron chi connectivity index (χ3n) is 3.11. The van der Waals surface area contributed by atoms with Gasteiger partial charge in [0, 0.05) is 23.9 Å². The number of benzene rings is 1. The van der Waals surface area contributed by atoms with E-state index in [1.807, 2.05) is 0 Å². The standard InChI is InChI=1S/C16H18BrNO4/c1-12(19)15(16(20)8-3-2-4-9-17)11-13-6-5-7-14(10-13)18(21)22/h5-7,10-11H,2-4,8-9H2,1H3/b15-11-. The minimum atomic E-state index is -0.507. The molecule has 0 radical (unpaired) electrons. The summed E-state index contributed by atoms with van der Waals surface area (Å²) in [5.41, 5.74) is 0.508. The normalized spacial score (nSPS) is 11.3. The van der Waals surface area contributed by atoms with Crippen LogP contribution in [-0.2, 0) is 9.59 Å². The molecule has 0 bridgehead atoms. The number of alkyl halides is 1. The summed E-state index contributed by atoms with van der Waals surface area (Å²) in [6, 6.07) is 5.88. The predicted molar refractivity (Wildman–Crippen MR) is 89.0 cm³/mol. The number of carbonyl (C=O) groups excluding carboxylic acids is 2. The maximum Gasteiger partial charge on any atom is 0.270 e. The lowest BCUT2D eigenvalue weighted by molar-refractivity contribution is -0.384. The van der Waals surface area contributed by atoms with Gasteiger partial charge in [0.25, 0.3) is 5.69 Å². The summed E-state index contributed by atoms with van der Waals surface area (Å²) in [7, 11) is 0. The van der Waals surface area contributed by atoms with E-state index in [4.69, 9.17) is 0 Å². The van der Waals surface area contributed by atoms with E-state index in [1.165, 1.54) is 31.2 Å². The second-order valence-corrected chi connectivity index (χ2v) is 5.68. The number of nitro groups is 1. The lowest BCUT2D eigenvalue weighted by atomic mass is 9.99. The summed E-state index contributed by atoms with van der Waals surface area (Å²) < 4.78 is 0. The van der Waals surface area contributed by atoms with Crippen molar-refractivity contribution in [1.82, 2.24) is 0 Å². The smallest absolute Gasteiger partial charge is 0.270 e. The van der Waals surface area contributed by atoms with Gasteiger partial charge in [0.05, 0.1) is 10.5 Å². The third kappa shape index (κ3) is 5.89. The number of carbonyl (C=O) groups is 2. The van der Waals surface area contributed by atoms with Gasteiger partial charge >= 0.3 is 0 Å². The number of allylic oxidation sites excluding steroid dienone is 1. The van der Waals surface area contributed by atoms with Crippen molar-refractivity contribution in [3.05, 3.63) is 45.5 Å². The first-order chi connectivity index (χ1) is 10.5. The zero-order valence-corrected chi connectivity index (χ0v) is 14.0.